The molecular weight excluding hydrogens is 529 g/mol. The summed E-state index contributed by atoms with van der Waals surface area (Å²) in [4.78, 5) is 26.0. The van der Waals surface area contributed by atoms with Gasteiger partial charge in [-0.15, -0.1) is 11.8 Å². The van der Waals surface area contributed by atoms with E-state index in [1.54, 1.807) is 13.8 Å². The second-order valence-corrected chi connectivity index (χ2v) is 15.5. The van der Waals surface area contributed by atoms with Gasteiger partial charge in [-0.05, 0) is 81.8 Å². The van der Waals surface area contributed by atoms with Crippen LogP contribution in [-0.2, 0) is 18.8 Å². The monoisotopic (exact) mass is 571 g/mol. The van der Waals surface area contributed by atoms with Crippen molar-refractivity contribution >= 4 is 30.9 Å². The molecule has 0 spiro atoms. The molecular formula is C30H42BNO7S. The third-order valence-corrected chi connectivity index (χ3v) is 10.7. The van der Waals surface area contributed by atoms with Crippen LogP contribution in [0.3, 0.4) is 0 Å². The van der Waals surface area contributed by atoms with Crippen molar-refractivity contribution in [1.82, 2.24) is 5.32 Å². The van der Waals surface area contributed by atoms with E-state index in [1.807, 2.05) is 26.8 Å². The topological polar surface area (TPSA) is 92.3 Å². The summed E-state index contributed by atoms with van der Waals surface area (Å²) in [5.41, 5.74) is 0.994. The van der Waals surface area contributed by atoms with Crippen molar-refractivity contribution in [3.8, 4) is 5.75 Å². The predicted molar refractivity (Wildman–Crippen MR) is 153 cm³/mol. The number of rotatable bonds is 6. The first-order chi connectivity index (χ1) is 18.6. The Hall–Kier alpha value is -1.91. The molecule has 4 saturated carbocycles. The molecule has 2 aliphatic heterocycles. The molecule has 7 rings (SSSR count). The minimum Gasteiger partial charge on any atom is -0.452 e. The molecule has 1 aromatic carbocycles. The maximum Gasteiger partial charge on any atom is 0.461 e. The van der Waals surface area contributed by atoms with Crippen LogP contribution in [-0.4, -0.2) is 54.6 Å². The molecule has 0 aromatic heterocycles. The fourth-order valence-electron chi connectivity index (χ4n) is 7.42. The van der Waals surface area contributed by atoms with Gasteiger partial charge >= 0.3 is 19.2 Å². The SMILES string of the molecule is CC(C)(C)OC(=O)NCCSc1ccc([C@H]2C[C@H]2B2OC3C[C@@H]4C[C@@H](C4(C)C)[C@]3(C)O2)c2c1C(=O)OC(C)(C)O2. The van der Waals surface area contributed by atoms with Crippen LogP contribution < -0.4 is 10.1 Å². The molecule has 6 atom stereocenters. The molecule has 8 nitrogen and oxygen atoms in total. The molecule has 6 aliphatic rings. The smallest absolute Gasteiger partial charge is 0.452 e. The van der Waals surface area contributed by atoms with Crippen LogP contribution in [0, 0.1) is 17.3 Å². The van der Waals surface area contributed by atoms with Crippen molar-refractivity contribution in [2.45, 2.75) is 114 Å². The van der Waals surface area contributed by atoms with Gasteiger partial charge < -0.3 is 28.8 Å². The van der Waals surface area contributed by atoms with Gasteiger partial charge in [-0.25, -0.2) is 9.59 Å². The van der Waals surface area contributed by atoms with Gasteiger partial charge in [0.05, 0.1) is 11.7 Å². The van der Waals surface area contributed by atoms with E-state index in [0.29, 0.717) is 40.9 Å². The lowest BCUT2D eigenvalue weighted by Crippen LogP contribution is -2.65. The summed E-state index contributed by atoms with van der Waals surface area (Å²) in [5, 5.41) is 2.77. The third-order valence-electron chi connectivity index (χ3n) is 9.63. The predicted octanol–water partition coefficient (Wildman–Crippen LogP) is 6.17. The van der Waals surface area contributed by atoms with Crippen molar-refractivity contribution in [2.75, 3.05) is 12.3 Å². The van der Waals surface area contributed by atoms with Crippen LogP contribution in [0.15, 0.2) is 17.0 Å². The van der Waals surface area contributed by atoms with Gasteiger partial charge in [-0.3, -0.25) is 0 Å². The molecule has 218 valence electrons. The van der Waals surface area contributed by atoms with Crippen LogP contribution in [0.4, 0.5) is 4.79 Å². The largest absolute Gasteiger partial charge is 0.461 e. The van der Waals surface area contributed by atoms with E-state index in [1.165, 1.54) is 18.2 Å². The number of hydrogen-bond donors (Lipinski definition) is 1. The molecule has 2 bridgehead atoms. The Bertz CT molecular complexity index is 1230. The molecule has 1 unspecified atom stereocenters. The Morgan fingerprint density at radius 2 is 1.88 bits per heavy atom. The molecule has 2 heterocycles. The van der Waals surface area contributed by atoms with Crippen LogP contribution in [0.25, 0.3) is 0 Å². The Balaban J connectivity index is 1.16. The van der Waals surface area contributed by atoms with Crippen molar-refractivity contribution in [1.29, 1.82) is 0 Å². The zero-order chi connectivity index (χ0) is 28.8. The van der Waals surface area contributed by atoms with Gasteiger partial charge in [0.1, 0.15) is 16.9 Å². The van der Waals surface area contributed by atoms with Crippen molar-refractivity contribution < 1.29 is 33.1 Å². The Morgan fingerprint density at radius 1 is 1.12 bits per heavy atom. The van der Waals surface area contributed by atoms with Gasteiger partial charge in [0.2, 0.25) is 5.79 Å². The number of amides is 1. The van der Waals surface area contributed by atoms with E-state index < -0.39 is 17.5 Å². The zero-order valence-corrected chi connectivity index (χ0v) is 25.7. The second kappa shape index (κ2) is 9.30. The minimum atomic E-state index is -1.06. The van der Waals surface area contributed by atoms with E-state index in [0.717, 1.165) is 23.3 Å². The number of hydrogen-bond acceptors (Lipinski definition) is 8. The molecule has 10 heteroatoms. The van der Waals surface area contributed by atoms with Gasteiger partial charge in [0.15, 0.2) is 0 Å². The summed E-state index contributed by atoms with van der Waals surface area (Å²) < 4.78 is 30.6. The lowest BCUT2D eigenvalue weighted by Gasteiger charge is -2.64. The molecule has 4 aliphatic carbocycles. The molecule has 0 radical (unpaired) electrons. The zero-order valence-electron chi connectivity index (χ0n) is 24.9. The molecule has 1 amide bonds. The van der Waals surface area contributed by atoms with Crippen LogP contribution in [0.2, 0.25) is 5.82 Å². The number of fused-ring (bicyclic) bond motifs is 1. The highest BCUT2D eigenvalue weighted by molar-refractivity contribution is 7.99. The summed E-state index contributed by atoms with van der Waals surface area (Å²) in [5.74, 6) is 1.39. The van der Waals surface area contributed by atoms with Gasteiger partial charge in [-0.2, -0.15) is 0 Å². The van der Waals surface area contributed by atoms with Crippen molar-refractivity contribution in [3.05, 3.63) is 23.3 Å². The van der Waals surface area contributed by atoms with Gasteiger partial charge in [0.25, 0.3) is 0 Å². The van der Waals surface area contributed by atoms with E-state index in [9.17, 15) is 9.59 Å². The molecule has 1 saturated heterocycles. The second-order valence-electron chi connectivity index (χ2n) is 14.4. The number of benzene rings is 1. The van der Waals surface area contributed by atoms with Gasteiger partial charge in [0, 0.05) is 36.9 Å². The van der Waals surface area contributed by atoms with Crippen LogP contribution in [0.1, 0.15) is 96.5 Å². The molecule has 1 N–H and O–H groups in total. The average Bonchev–Trinajstić information content (AvgIpc) is 3.52. The van der Waals surface area contributed by atoms with Crippen molar-refractivity contribution in [2.24, 2.45) is 17.3 Å². The lowest BCUT2D eigenvalue weighted by atomic mass is 9.43. The quantitative estimate of drug-likeness (QED) is 0.188. The standard InChI is InChI=1S/C30H42BNO7S/c1-27(2,3)37-26(34)32-11-12-40-20-10-9-17(24-23(20)25(33)36-29(6,7)35-24)18-15-19(18)31-38-22-14-16-13-21(28(16,4)5)30(22,8)39-31/h9-10,16,18-19,21-22H,11-15H2,1-8H3,(H,32,34)/t16-,18+,19+,21-,22?,30-/m0/s1. The fourth-order valence-corrected chi connectivity index (χ4v) is 8.33. The normalized spacial score (nSPS) is 34.5. The highest BCUT2D eigenvalue weighted by Gasteiger charge is 2.70. The maximum absolute atomic E-state index is 13.2. The molecule has 1 aromatic rings. The number of carbonyl (C=O) groups excluding carboxylic acids is 2. The van der Waals surface area contributed by atoms with Crippen LogP contribution >= 0.6 is 11.8 Å². The first-order valence-corrected chi connectivity index (χ1v) is 15.6. The summed E-state index contributed by atoms with van der Waals surface area (Å²) >= 11 is 1.48. The van der Waals surface area contributed by atoms with Crippen LogP contribution in [0.5, 0.6) is 5.75 Å². The van der Waals surface area contributed by atoms with E-state index in [-0.39, 0.29) is 36.5 Å². The number of thioether (sulfide) groups is 1. The van der Waals surface area contributed by atoms with E-state index >= 15 is 0 Å². The number of alkyl carbamates (subject to hydrolysis) is 1. The highest BCUT2D eigenvalue weighted by Crippen LogP contribution is 2.68. The van der Waals surface area contributed by atoms with Crippen molar-refractivity contribution in [3.63, 3.8) is 0 Å². The number of ether oxygens (including phenoxy) is 3. The summed E-state index contributed by atoms with van der Waals surface area (Å²) in [7, 11) is -0.234. The summed E-state index contributed by atoms with van der Waals surface area (Å²) in [6.07, 6.45) is 2.93. The summed E-state index contributed by atoms with van der Waals surface area (Å²) in [6.45, 7) is 16.4. The lowest BCUT2D eigenvalue weighted by molar-refractivity contribution is -0.199. The van der Waals surface area contributed by atoms with E-state index in [4.69, 9.17) is 23.5 Å². The third kappa shape index (κ3) is 4.81. The highest BCUT2D eigenvalue weighted by atomic mass is 32.2. The Kier molecular flexibility index (Phi) is 6.56. The van der Waals surface area contributed by atoms with Gasteiger partial charge in [-0.1, -0.05) is 19.9 Å². The number of esters is 1. The van der Waals surface area contributed by atoms with E-state index in [2.05, 4.69) is 32.2 Å². The molecule has 40 heavy (non-hydrogen) atoms. The molecule has 5 fully saturated rings. The minimum absolute atomic E-state index is 0.155. The number of carbonyl (C=O) groups is 2. The number of nitrogens with one attached hydrogen (secondary N) is 1. The first kappa shape index (κ1) is 28.2. The fraction of sp³-hybridized carbons (Fsp3) is 0.733. The Labute approximate surface area is 242 Å². The first-order valence-electron chi connectivity index (χ1n) is 14.6. The number of cyclic esters (lactones) is 1. The Morgan fingerprint density at radius 3 is 2.58 bits per heavy atom. The maximum atomic E-state index is 13.2. The average molecular weight is 572 g/mol. The summed E-state index contributed by atoms with van der Waals surface area (Å²) in [6, 6.07) is 4.05.